The highest BCUT2D eigenvalue weighted by Gasteiger charge is 2.16. The van der Waals surface area contributed by atoms with E-state index in [4.69, 9.17) is 20.9 Å². The predicted octanol–water partition coefficient (Wildman–Crippen LogP) is 5.02. The summed E-state index contributed by atoms with van der Waals surface area (Å²) in [6, 6.07) is 12.7. The van der Waals surface area contributed by atoms with Crippen LogP contribution in [-0.2, 0) is 17.9 Å². The van der Waals surface area contributed by atoms with Crippen LogP contribution in [-0.4, -0.2) is 50.5 Å². The molecule has 0 aliphatic rings. The van der Waals surface area contributed by atoms with Gasteiger partial charge < -0.3 is 19.9 Å². The second-order valence-electron chi connectivity index (χ2n) is 8.60. The predicted molar refractivity (Wildman–Crippen MR) is 150 cm³/mol. The van der Waals surface area contributed by atoms with Gasteiger partial charge in [-0.05, 0) is 43.4 Å². The Labute approximate surface area is 232 Å². The van der Waals surface area contributed by atoms with Crippen LogP contribution in [0.5, 0.6) is 5.75 Å². The zero-order chi connectivity index (χ0) is 27.6. The number of anilines is 2. The lowest BCUT2D eigenvalue weighted by Crippen LogP contribution is -2.32. The van der Waals surface area contributed by atoms with Crippen LogP contribution >= 0.6 is 11.6 Å². The summed E-state index contributed by atoms with van der Waals surface area (Å²) in [4.78, 5) is 27.3. The first-order valence-electron chi connectivity index (χ1n) is 12.5. The van der Waals surface area contributed by atoms with Gasteiger partial charge in [0.15, 0.2) is 5.76 Å². The minimum absolute atomic E-state index is 0.200. The lowest BCUT2D eigenvalue weighted by atomic mass is 10.2. The van der Waals surface area contributed by atoms with Crippen molar-refractivity contribution in [1.29, 1.82) is 0 Å². The average Bonchev–Trinajstić information content (AvgIpc) is 3.43. The molecule has 1 amide bonds. The maximum absolute atomic E-state index is 12.4. The van der Waals surface area contributed by atoms with Gasteiger partial charge in [0, 0.05) is 36.3 Å². The normalized spacial score (nSPS) is 10.9. The molecule has 2 N–H and O–H groups in total. The summed E-state index contributed by atoms with van der Waals surface area (Å²) >= 11 is 6.46. The number of pyridine rings is 1. The maximum atomic E-state index is 12.4. The molecule has 0 radical (unpaired) electrons. The van der Waals surface area contributed by atoms with E-state index < -0.39 is 0 Å². The third-order valence-corrected chi connectivity index (χ3v) is 6.19. The van der Waals surface area contributed by atoms with Crippen LogP contribution in [0.3, 0.4) is 0 Å². The van der Waals surface area contributed by atoms with Crippen LogP contribution in [0.1, 0.15) is 25.2 Å². The van der Waals surface area contributed by atoms with Crippen molar-refractivity contribution in [3.63, 3.8) is 0 Å². The summed E-state index contributed by atoms with van der Waals surface area (Å²) in [5.74, 6) is 1.27. The molecule has 11 heteroatoms. The molecule has 0 spiro atoms. The van der Waals surface area contributed by atoms with E-state index in [1.54, 1.807) is 30.6 Å². The molecule has 0 atom stereocenters. The summed E-state index contributed by atoms with van der Waals surface area (Å²) in [7, 11) is 0. The van der Waals surface area contributed by atoms with Gasteiger partial charge in [0.05, 0.1) is 22.8 Å². The minimum Gasteiger partial charge on any atom is -0.486 e. The number of carbonyl (C=O) groups is 1. The molecule has 0 aliphatic carbocycles. The molecule has 0 aliphatic heterocycles. The number of rotatable bonds is 13. The number of likely N-dealkylation sites (N-methyl/N-ethyl adjacent to an activating group) is 1. The smallest absolute Gasteiger partial charge is 0.248 e. The van der Waals surface area contributed by atoms with Crippen molar-refractivity contribution in [3.8, 4) is 17.1 Å². The molecule has 4 aromatic rings. The summed E-state index contributed by atoms with van der Waals surface area (Å²) in [5.41, 5.74) is 3.15. The molecule has 4 rings (SSSR count). The largest absolute Gasteiger partial charge is 0.486 e. The lowest BCUT2D eigenvalue weighted by Gasteiger charge is -2.18. The molecule has 1 aromatic carbocycles. The van der Waals surface area contributed by atoms with Crippen LogP contribution in [0.2, 0.25) is 5.02 Å². The Morgan fingerprint density at radius 2 is 1.97 bits per heavy atom. The van der Waals surface area contributed by atoms with Gasteiger partial charge >= 0.3 is 0 Å². The molecule has 0 bridgehead atoms. The Hall–Kier alpha value is -4.28. The summed E-state index contributed by atoms with van der Waals surface area (Å²) < 4.78 is 11.3. The summed E-state index contributed by atoms with van der Waals surface area (Å²) in [5, 5.41) is 10.6. The number of halogens is 1. The fraction of sp³-hybridized carbons (Fsp3) is 0.250. The van der Waals surface area contributed by atoms with Crippen molar-refractivity contribution < 1.29 is 14.1 Å². The van der Waals surface area contributed by atoms with Gasteiger partial charge in [0.25, 0.3) is 0 Å². The topological polar surface area (TPSA) is 118 Å². The van der Waals surface area contributed by atoms with Crippen molar-refractivity contribution >= 4 is 29.0 Å². The minimum atomic E-state index is -0.221. The monoisotopic (exact) mass is 547 g/mol. The van der Waals surface area contributed by atoms with Gasteiger partial charge in [-0.15, -0.1) is 0 Å². The third-order valence-electron chi connectivity index (χ3n) is 5.89. The van der Waals surface area contributed by atoms with E-state index in [2.05, 4.69) is 42.2 Å². The molecule has 10 nitrogen and oxygen atoms in total. The summed E-state index contributed by atoms with van der Waals surface area (Å²) in [6.45, 7) is 10.7. The van der Waals surface area contributed by atoms with Crippen molar-refractivity contribution in [2.75, 3.05) is 25.0 Å². The van der Waals surface area contributed by atoms with Gasteiger partial charge in [0.2, 0.25) is 5.91 Å². The zero-order valence-electron chi connectivity index (χ0n) is 21.9. The molecule has 3 heterocycles. The molecular weight excluding hydrogens is 518 g/mol. The van der Waals surface area contributed by atoms with E-state index in [1.807, 2.05) is 38.1 Å². The Morgan fingerprint density at radius 1 is 1.13 bits per heavy atom. The van der Waals surface area contributed by atoms with E-state index in [9.17, 15) is 4.79 Å². The van der Waals surface area contributed by atoms with E-state index >= 15 is 0 Å². The molecule has 0 unspecified atom stereocenters. The van der Waals surface area contributed by atoms with Gasteiger partial charge in [-0.2, -0.15) is 0 Å². The number of ether oxygens (including phenoxy) is 1. The fourth-order valence-corrected chi connectivity index (χ4v) is 3.92. The van der Waals surface area contributed by atoms with Crippen LogP contribution in [0.4, 0.5) is 11.5 Å². The second kappa shape index (κ2) is 13.5. The molecular formula is C28H30ClN7O3. The molecule has 3 aromatic heterocycles. The Kier molecular flexibility index (Phi) is 9.60. The van der Waals surface area contributed by atoms with Crippen molar-refractivity contribution in [2.45, 2.75) is 27.0 Å². The van der Waals surface area contributed by atoms with Crippen LogP contribution < -0.4 is 15.4 Å². The Balaban J connectivity index is 1.39. The number of benzene rings is 1. The first-order chi connectivity index (χ1) is 19.0. The van der Waals surface area contributed by atoms with Crippen LogP contribution in [0.25, 0.3) is 11.3 Å². The molecule has 0 saturated carbocycles. The zero-order valence-corrected chi connectivity index (χ0v) is 22.6. The molecule has 202 valence electrons. The average molecular weight is 548 g/mol. The first kappa shape index (κ1) is 27.7. The first-order valence-corrected chi connectivity index (χ1v) is 12.9. The van der Waals surface area contributed by atoms with Crippen molar-refractivity contribution in [3.05, 3.63) is 89.7 Å². The van der Waals surface area contributed by atoms with E-state index in [1.165, 1.54) is 6.33 Å². The van der Waals surface area contributed by atoms with E-state index in [0.29, 0.717) is 58.0 Å². The van der Waals surface area contributed by atoms with Crippen molar-refractivity contribution in [1.82, 2.24) is 30.3 Å². The number of nitrogens with zero attached hydrogens (tertiary/aromatic N) is 5. The number of hydrogen-bond acceptors (Lipinski definition) is 9. The van der Waals surface area contributed by atoms with Gasteiger partial charge in [-0.25, -0.2) is 9.97 Å². The van der Waals surface area contributed by atoms with Crippen molar-refractivity contribution in [2.24, 2.45) is 0 Å². The number of nitrogens with one attached hydrogen (secondary N) is 2. The van der Waals surface area contributed by atoms with Crippen LogP contribution in [0.15, 0.2) is 77.9 Å². The van der Waals surface area contributed by atoms with E-state index in [-0.39, 0.29) is 12.5 Å². The van der Waals surface area contributed by atoms with Gasteiger partial charge in [0.1, 0.15) is 30.2 Å². The SMILES string of the molecule is C=C(CN(CC)CC)C(=O)NCc1cc(-c2cncnc2Nc2ccc(OCc3ccccn3)c(Cl)c2)on1. The highest BCUT2D eigenvalue weighted by atomic mass is 35.5. The molecule has 39 heavy (non-hydrogen) atoms. The highest BCUT2D eigenvalue weighted by molar-refractivity contribution is 6.32. The quantitative estimate of drug-likeness (QED) is 0.222. The number of carbonyl (C=O) groups excluding carboxylic acids is 1. The standard InChI is InChI=1S/C28H30ClN7O3/c1-4-36(5-2)16-19(3)28(37)32-14-22-13-26(39-35-22)23-15-30-18-33-27(23)34-20-9-10-25(24(29)12-20)38-17-21-8-6-7-11-31-21/h6-13,15,18H,3-5,14,16-17H2,1-2H3,(H,32,37)(H,30,33,34). The van der Waals surface area contributed by atoms with Crippen LogP contribution in [0, 0.1) is 0 Å². The number of amides is 1. The Bertz CT molecular complexity index is 1410. The lowest BCUT2D eigenvalue weighted by molar-refractivity contribution is -0.117. The summed E-state index contributed by atoms with van der Waals surface area (Å²) in [6.07, 6.45) is 4.76. The number of aromatic nitrogens is 4. The molecule has 0 fully saturated rings. The second-order valence-corrected chi connectivity index (χ2v) is 9.00. The van der Waals surface area contributed by atoms with E-state index in [0.717, 1.165) is 18.8 Å². The molecule has 0 saturated heterocycles. The highest BCUT2D eigenvalue weighted by Crippen LogP contribution is 2.32. The van der Waals surface area contributed by atoms with Gasteiger partial charge in [-0.1, -0.05) is 43.3 Å². The van der Waals surface area contributed by atoms with Gasteiger partial charge in [-0.3, -0.25) is 14.7 Å². The maximum Gasteiger partial charge on any atom is 0.248 e. The number of hydrogen-bond donors (Lipinski definition) is 2. The third kappa shape index (κ3) is 7.62. The fourth-order valence-electron chi connectivity index (χ4n) is 3.68. The Morgan fingerprint density at radius 3 is 2.72 bits per heavy atom.